The molecule has 1 rings (SSSR count). The Morgan fingerprint density at radius 2 is 2.22 bits per heavy atom. The highest BCUT2D eigenvalue weighted by atomic mass is 27.1. The average molecular weight is 278 g/mol. The molecule has 0 aromatic heterocycles. The summed E-state index contributed by atoms with van der Waals surface area (Å²) >= 11 is 0.00849. The summed E-state index contributed by atoms with van der Waals surface area (Å²) in [5.41, 5.74) is 0. The molecule has 7 heteroatoms. The number of hydrogen-bond acceptors (Lipinski definition) is 5. The maximum atomic E-state index is 10.4. The summed E-state index contributed by atoms with van der Waals surface area (Å²) < 4.78 is 19.6. The number of carboxylic acids is 1. The van der Waals surface area contributed by atoms with Crippen molar-refractivity contribution in [1.29, 1.82) is 0 Å². The molecule has 18 heavy (non-hydrogen) atoms. The Morgan fingerprint density at radius 3 is 2.50 bits per heavy atom. The van der Waals surface area contributed by atoms with Crippen molar-refractivity contribution >= 4 is 21.5 Å². The summed E-state index contributed by atoms with van der Waals surface area (Å²) in [5, 5.41) is 9.90. The molecule has 0 spiro atoms. The number of aliphatic carboxylic acids is 1. The third kappa shape index (κ3) is 9.83. The molecule has 6 nitrogen and oxygen atoms in total. The van der Waals surface area contributed by atoms with E-state index in [0.717, 1.165) is 6.61 Å². The van der Waals surface area contributed by atoms with Crippen LogP contribution in [0.2, 0.25) is 5.28 Å². The molecule has 0 radical (unpaired) electrons. The van der Waals surface area contributed by atoms with Gasteiger partial charge in [-0.2, -0.15) is 0 Å². The molecule has 1 aliphatic heterocycles. The van der Waals surface area contributed by atoms with Crippen molar-refractivity contribution in [2.24, 2.45) is 0 Å². The highest BCUT2D eigenvalue weighted by molar-refractivity contribution is 6.27. The van der Waals surface area contributed by atoms with Crippen LogP contribution in [-0.2, 0) is 22.8 Å². The molecule has 0 amide bonds. The summed E-state index contributed by atoms with van der Waals surface area (Å²) in [7, 11) is 1.26. The van der Waals surface area contributed by atoms with Crippen molar-refractivity contribution in [2.45, 2.75) is 44.6 Å². The smallest absolute Gasteiger partial charge is 0.435 e. The van der Waals surface area contributed by atoms with Crippen LogP contribution >= 0.6 is 0 Å². The monoisotopic (exact) mass is 278 g/mol. The molecule has 2 unspecified atom stereocenters. The van der Waals surface area contributed by atoms with E-state index in [-0.39, 0.29) is 15.6 Å². The van der Waals surface area contributed by atoms with Gasteiger partial charge < -0.3 is 23.1 Å². The van der Waals surface area contributed by atoms with E-state index in [1.165, 1.54) is 25.2 Å². The van der Waals surface area contributed by atoms with Crippen LogP contribution in [-0.4, -0.2) is 59.5 Å². The quantitative estimate of drug-likeness (QED) is 0.577. The lowest BCUT2D eigenvalue weighted by Crippen LogP contribution is -2.30. The number of rotatable bonds is 6. The minimum absolute atomic E-state index is 0.00849. The van der Waals surface area contributed by atoms with Gasteiger partial charge in [0.2, 0.25) is 0 Å². The second-order valence-corrected chi connectivity index (χ2v) is 5.26. The fraction of sp³-hybridized carbons (Fsp3) is 0.909. The molecule has 2 atom stereocenters. The summed E-state index contributed by atoms with van der Waals surface area (Å²) in [6.45, 7) is 4.93. The van der Waals surface area contributed by atoms with Crippen molar-refractivity contribution < 1.29 is 27.9 Å². The van der Waals surface area contributed by atoms with Gasteiger partial charge in [-0.25, -0.2) is 4.79 Å². The van der Waals surface area contributed by atoms with Crippen LogP contribution in [0.25, 0.3) is 0 Å². The maximum Gasteiger partial charge on any atom is 0.435 e. The van der Waals surface area contributed by atoms with Crippen LogP contribution in [0.5, 0.6) is 0 Å². The Labute approximate surface area is 115 Å². The number of ether oxygens (including phenoxy) is 3. The first-order valence-electron chi connectivity index (χ1n) is 6.22. The predicted octanol–water partition coefficient (Wildman–Crippen LogP) is 1.01. The Hall–Kier alpha value is -0.158. The van der Waals surface area contributed by atoms with Crippen LogP contribution in [0.1, 0.15) is 26.7 Å². The summed E-state index contributed by atoms with van der Waals surface area (Å²) in [5.74, 6) is -1.16. The molecule has 106 valence electrons. The van der Waals surface area contributed by atoms with E-state index in [1.54, 1.807) is 13.8 Å². The van der Waals surface area contributed by atoms with Gasteiger partial charge in [0.25, 0.3) is 6.29 Å². The summed E-state index contributed by atoms with van der Waals surface area (Å²) in [6.07, 6.45) is 0.918. The normalized spacial score (nSPS) is 17.9. The fourth-order valence-electron chi connectivity index (χ4n) is 1.35. The first-order valence-corrected chi connectivity index (χ1v) is 7.80. The van der Waals surface area contributed by atoms with Gasteiger partial charge in [0, 0.05) is 20.3 Å². The number of hydrogen-bond donors (Lipinski definition) is 1. The van der Waals surface area contributed by atoms with E-state index < -0.39 is 18.5 Å². The predicted molar refractivity (Wildman–Crippen MR) is 67.7 cm³/mol. The zero-order valence-electron chi connectivity index (χ0n) is 11.4. The Kier molecular flexibility index (Phi) is 11.8. The lowest BCUT2D eigenvalue weighted by Gasteiger charge is -2.17. The van der Waals surface area contributed by atoms with Gasteiger partial charge in [-0.15, -0.1) is 0 Å². The molecular formula is C11H23AlO6. The molecule has 0 aromatic carbocycles. The molecule has 1 N–H and O–H groups in total. The van der Waals surface area contributed by atoms with Crippen molar-refractivity contribution in [2.75, 3.05) is 20.3 Å². The third-order valence-corrected chi connectivity index (χ3v) is 3.58. The highest BCUT2D eigenvalue weighted by Gasteiger charge is 2.19. The summed E-state index contributed by atoms with van der Waals surface area (Å²) in [6, 6.07) is 0. The van der Waals surface area contributed by atoms with E-state index in [1.807, 2.05) is 0 Å². The standard InChI is InChI=1S/C7H14O5.C4H8O.Al.H/c1-4-11-5(2)12-7(10-3)6(8)9;1-2-3-4-5;;/h5,7H,4H2,1-3H3,(H,8,9);1-4H2;;/q;-1;+1;. The van der Waals surface area contributed by atoms with E-state index >= 15 is 0 Å². The van der Waals surface area contributed by atoms with Crippen molar-refractivity contribution in [1.82, 2.24) is 0 Å². The molecule has 1 heterocycles. The van der Waals surface area contributed by atoms with Gasteiger partial charge in [0.1, 0.15) is 0 Å². The van der Waals surface area contributed by atoms with E-state index in [0.29, 0.717) is 6.61 Å². The van der Waals surface area contributed by atoms with Gasteiger partial charge in [-0.05, 0) is 20.3 Å². The molecule has 0 bridgehead atoms. The van der Waals surface area contributed by atoms with Gasteiger partial charge in [0.15, 0.2) is 6.29 Å². The second-order valence-electron chi connectivity index (χ2n) is 3.74. The third-order valence-electron chi connectivity index (χ3n) is 2.21. The molecule has 0 aliphatic carbocycles. The average Bonchev–Trinajstić information content (AvgIpc) is 2.38. The lowest BCUT2D eigenvalue weighted by atomic mass is 10.4. The van der Waals surface area contributed by atoms with E-state index in [4.69, 9.17) is 18.4 Å². The molecular weight excluding hydrogens is 255 g/mol. The number of carboxylic acid groups (broad SMARTS) is 1. The van der Waals surface area contributed by atoms with Gasteiger partial charge >= 0.3 is 21.5 Å². The topological polar surface area (TPSA) is 74.2 Å². The molecule has 1 fully saturated rings. The molecule has 0 saturated carbocycles. The maximum absolute atomic E-state index is 10.4. The SMILES string of the molecule is C1C[CH2][AlH][O]C1.CCOC(C)OC(OC)C(=O)O. The fourth-order valence-corrected chi connectivity index (χ4v) is 2.52. The second kappa shape index (κ2) is 11.9. The Balaban J connectivity index is 0.000000397. The van der Waals surface area contributed by atoms with Crippen LogP contribution in [0.3, 0.4) is 0 Å². The number of carbonyl (C=O) groups is 1. The Bertz CT molecular complexity index is 198. The lowest BCUT2D eigenvalue weighted by molar-refractivity contribution is -0.235. The van der Waals surface area contributed by atoms with Crippen molar-refractivity contribution in [3.05, 3.63) is 0 Å². The van der Waals surface area contributed by atoms with Gasteiger partial charge in [-0.1, -0.05) is 11.7 Å². The van der Waals surface area contributed by atoms with E-state index in [9.17, 15) is 4.79 Å². The van der Waals surface area contributed by atoms with Crippen molar-refractivity contribution in [3.63, 3.8) is 0 Å². The van der Waals surface area contributed by atoms with Crippen LogP contribution < -0.4 is 0 Å². The van der Waals surface area contributed by atoms with Crippen LogP contribution in [0, 0.1) is 0 Å². The number of methoxy groups -OCH3 is 1. The van der Waals surface area contributed by atoms with Crippen molar-refractivity contribution in [3.8, 4) is 0 Å². The zero-order chi connectivity index (χ0) is 13.8. The first kappa shape index (κ1) is 17.8. The van der Waals surface area contributed by atoms with Crippen LogP contribution in [0.4, 0.5) is 0 Å². The first-order chi connectivity index (χ1) is 8.61. The minimum Gasteiger partial charge on any atom is -0.503 e. The minimum atomic E-state index is -1.26. The van der Waals surface area contributed by atoms with Crippen LogP contribution in [0.15, 0.2) is 0 Å². The van der Waals surface area contributed by atoms with Gasteiger partial charge in [-0.3, -0.25) is 0 Å². The Morgan fingerprint density at radius 1 is 1.50 bits per heavy atom. The summed E-state index contributed by atoms with van der Waals surface area (Å²) in [4.78, 5) is 10.4. The largest absolute Gasteiger partial charge is 0.503 e. The highest BCUT2D eigenvalue weighted by Crippen LogP contribution is 2.01. The zero-order valence-corrected chi connectivity index (χ0v) is 12.8. The molecule has 0 aromatic rings. The molecule has 1 saturated heterocycles. The molecule has 1 aliphatic rings. The van der Waals surface area contributed by atoms with E-state index in [2.05, 4.69) is 4.74 Å². The van der Waals surface area contributed by atoms with Gasteiger partial charge in [0.05, 0.1) is 0 Å².